The molecule has 1 aliphatic rings. The average molecular weight is 600 g/mol. The maximum Gasteiger partial charge on any atom is 0.407 e. The number of alkyl carbamates (subject to hydrolysis) is 1. The number of carbonyl (C=O) groups excluding carboxylic acids is 3. The van der Waals surface area contributed by atoms with Gasteiger partial charge in [-0.2, -0.15) is 0 Å². The number of carbonyl (C=O) groups is 3. The molecular weight excluding hydrogens is 569 g/mol. The smallest absolute Gasteiger partial charge is 0.407 e. The molecule has 3 amide bonds. The molecular formula is C30H31Cl2N3O6. The number of ether oxygens (including phenoxy) is 3. The molecule has 3 aromatic rings. The second kappa shape index (κ2) is 14.3. The number of nitrogens with zero attached hydrogens (tertiary/aromatic N) is 1. The first kappa shape index (κ1) is 30.3. The van der Waals surface area contributed by atoms with E-state index >= 15 is 0 Å². The van der Waals surface area contributed by atoms with Gasteiger partial charge in [0.05, 0.1) is 35.6 Å². The van der Waals surface area contributed by atoms with Gasteiger partial charge in [-0.25, -0.2) is 4.79 Å². The number of hydrogen-bond acceptors (Lipinski definition) is 6. The molecule has 0 spiro atoms. The van der Waals surface area contributed by atoms with Gasteiger partial charge in [0.2, 0.25) is 0 Å². The van der Waals surface area contributed by atoms with Crippen molar-refractivity contribution in [2.75, 3.05) is 37.1 Å². The summed E-state index contributed by atoms with van der Waals surface area (Å²) in [7, 11) is 1.55. The van der Waals surface area contributed by atoms with Gasteiger partial charge in [-0.3, -0.25) is 14.5 Å². The summed E-state index contributed by atoms with van der Waals surface area (Å²) in [5.74, 6) is -0.634. The van der Waals surface area contributed by atoms with E-state index in [0.717, 1.165) is 5.56 Å². The lowest BCUT2D eigenvalue weighted by atomic mass is 10.0. The van der Waals surface area contributed by atoms with Crippen LogP contribution >= 0.6 is 23.2 Å². The summed E-state index contributed by atoms with van der Waals surface area (Å²) in [6.45, 7) is 2.52. The Hall–Kier alpha value is -3.63. The molecule has 1 heterocycles. The van der Waals surface area contributed by atoms with Gasteiger partial charge in [0.15, 0.2) is 0 Å². The molecule has 0 radical (unpaired) electrons. The van der Waals surface area contributed by atoms with Gasteiger partial charge < -0.3 is 24.8 Å². The summed E-state index contributed by atoms with van der Waals surface area (Å²) >= 11 is 12.5. The lowest BCUT2D eigenvalue weighted by Gasteiger charge is -2.30. The Morgan fingerprint density at radius 1 is 1.00 bits per heavy atom. The van der Waals surface area contributed by atoms with Crippen LogP contribution in [0.15, 0.2) is 66.7 Å². The molecule has 0 saturated carbocycles. The number of hydrogen-bond donors (Lipinski definition) is 2. The zero-order valence-electron chi connectivity index (χ0n) is 22.7. The quantitative estimate of drug-likeness (QED) is 0.273. The zero-order valence-corrected chi connectivity index (χ0v) is 24.2. The summed E-state index contributed by atoms with van der Waals surface area (Å²) in [6.07, 6.45) is -0.400. The second-order valence-corrected chi connectivity index (χ2v) is 10.0. The van der Waals surface area contributed by atoms with Crippen LogP contribution in [0, 0.1) is 0 Å². The molecule has 1 aliphatic heterocycles. The Labute approximate surface area is 248 Å². The van der Waals surface area contributed by atoms with Crippen molar-refractivity contribution in [2.45, 2.75) is 32.1 Å². The fraction of sp³-hybridized carbons (Fsp3) is 0.300. The van der Waals surface area contributed by atoms with Crippen LogP contribution in [0.5, 0.6) is 0 Å². The number of amides is 3. The van der Waals surface area contributed by atoms with E-state index in [2.05, 4.69) is 10.6 Å². The van der Waals surface area contributed by atoms with E-state index < -0.39 is 12.3 Å². The van der Waals surface area contributed by atoms with E-state index in [0.29, 0.717) is 45.4 Å². The van der Waals surface area contributed by atoms with E-state index in [1.54, 1.807) is 85.7 Å². The van der Waals surface area contributed by atoms with Gasteiger partial charge in [-0.1, -0.05) is 35.3 Å². The van der Waals surface area contributed by atoms with E-state index in [4.69, 9.17) is 37.4 Å². The van der Waals surface area contributed by atoms with Gasteiger partial charge in [-0.05, 0) is 74.4 Å². The molecule has 0 bridgehead atoms. The summed E-state index contributed by atoms with van der Waals surface area (Å²) in [5, 5.41) is 6.29. The minimum absolute atomic E-state index is 0.238. The van der Waals surface area contributed by atoms with Crippen LogP contribution in [0.4, 0.5) is 16.2 Å². The van der Waals surface area contributed by atoms with Crippen molar-refractivity contribution in [1.29, 1.82) is 0 Å². The summed E-state index contributed by atoms with van der Waals surface area (Å²) in [4.78, 5) is 39.7. The third kappa shape index (κ3) is 7.56. The van der Waals surface area contributed by atoms with Crippen molar-refractivity contribution in [3.05, 3.63) is 93.5 Å². The van der Waals surface area contributed by atoms with Gasteiger partial charge in [0.1, 0.15) is 6.23 Å². The zero-order chi connectivity index (χ0) is 29.4. The number of nitrogens with one attached hydrogen (secondary N) is 2. The van der Waals surface area contributed by atoms with Gasteiger partial charge in [-0.15, -0.1) is 0 Å². The number of fused-ring (bicyclic) bond motifs is 1. The van der Waals surface area contributed by atoms with Crippen molar-refractivity contribution in [3.63, 3.8) is 0 Å². The highest BCUT2D eigenvalue weighted by atomic mass is 35.5. The minimum Gasteiger partial charge on any atom is -0.450 e. The molecule has 9 nitrogen and oxygen atoms in total. The van der Waals surface area contributed by atoms with Crippen molar-refractivity contribution >= 4 is 52.5 Å². The van der Waals surface area contributed by atoms with Crippen molar-refractivity contribution in [2.24, 2.45) is 0 Å². The van der Waals surface area contributed by atoms with E-state index in [-0.39, 0.29) is 37.7 Å². The Morgan fingerprint density at radius 3 is 2.46 bits per heavy atom. The van der Waals surface area contributed by atoms with Crippen molar-refractivity contribution in [3.8, 4) is 0 Å². The molecule has 0 aliphatic carbocycles. The molecule has 216 valence electrons. The van der Waals surface area contributed by atoms with Crippen molar-refractivity contribution in [1.82, 2.24) is 5.32 Å². The van der Waals surface area contributed by atoms with Gasteiger partial charge >= 0.3 is 6.09 Å². The molecule has 4 rings (SSSR count). The third-order valence-corrected chi connectivity index (χ3v) is 7.09. The highest BCUT2D eigenvalue weighted by Gasteiger charge is 2.34. The predicted molar refractivity (Wildman–Crippen MR) is 158 cm³/mol. The average Bonchev–Trinajstić information content (AvgIpc) is 3.12. The number of methoxy groups -OCH3 is 1. The lowest BCUT2D eigenvalue weighted by molar-refractivity contribution is 0.0319. The molecule has 2 N–H and O–H groups in total. The van der Waals surface area contributed by atoms with Crippen LogP contribution in [-0.2, 0) is 14.2 Å². The standard InChI is InChI=1S/C30H31Cl2N3O6/c1-3-40-30(38)33-16-17-41-26-14-15-27(39-2)35(25-13-10-20(31)18-23(25)26)29(37)19-8-11-21(12-9-19)34-28(36)22-6-4-5-7-24(22)32/h4-13,18,26-27H,3,14-17H2,1-2H3,(H,33,38)(H,34,36). The molecule has 0 aromatic heterocycles. The first-order valence-electron chi connectivity index (χ1n) is 13.2. The summed E-state index contributed by atoms with van der Waals surface area (Å²) < 4.78 is 16.8. The third-order valence-electron chi connectivity index (χ3n) is 6.52. The molecule has 0 fully saturated rings. The fourth-order valence-corrected chi connectivity index (χ4v) is 4.99. The molecule has 2 atom stereocenters. The highest BCUT2D eigenvalue weighted by Crippen LogP contribution is 2.40. The van der Waals surface area contributed by atoms with Crippen LogP contribution < -0.4 is 15.5 Å². The molecule has 41 heavy (non-hydrogen) atoms. The van der Waals surface area contributed by atoms with Crippen LogP contribution in [-0.4, -0.2) is 51.0 Å². The first-order chi connectivity index (χ1) is 19.8. The van der Waals surface area contributed by atoms with Crippen LogP contribution in [0.1, 0.15) is 52.1 Å². The monoisotopic (exact) mass is 599 g/mol. The Morgan fingerprint density at radius 2 is 1.76 bits per heavy atom. The Kier molecular flexibility index (Phi) is 10.6. The lowest BCUT2D eigenvalue weighted by Crippen LogP contribution is -2.41. The molecule has 11 heteroatoms. The van der Waals surface area contributed by atoms with E-state index in [9.17, 15) is 14.4 Å². The van der Waals surface area contributed by atoms with Gasteiger partial charge in [0.25, 0.3) is 11.8 Å². The first-order valence-corrected chi connectivity index (χ1v) is 13.9. The maximum absolute atomic E-state index is 13.9. The van der Waals surface area contributed by atoms with Crippen LogP contribution in [0.2, 0.25) is 10.0 Å². The van der Waals surface area contributed by atoms with Gasteiger partial charge in [0, 0.05) is 35.5 Å². The predicted octanol–water partition coefficient (Wildman–Crippen LogP) is 6.46. The summed E-state index contributed by atoms with van der Waals surface area (Å²) in [6, 6.07) is 18.6. The van der Waals surface area contributed by atoms with E-state index in [1.807, 2.05) is 0 Å². The molecule has 3 aromatic carbocycles. The Bertz CT molecular complexity index is 1380. The highest BCUT2D eigenvalue weighted by molar-refractivity contribution is 6.34. The van der Waals surface area contributed by atoms with Crippen LogP contribution in [0.3, 0.4) is 0 Å². The number of halogens is 2. The van der Waals surface area contributed by atoms with E-state index in [1.165, 1.54) is 0 Å². The SMILES string of the molecule is CCOC(=O)NCCOC1CCC(OC)N(C(=O)c2ccc(NC(=O)c3ccccc3Cl)cc2)c2ccc(Cl)cc21. The summed E-state index contributed by atoms with van der Waals surface area (Å²) in [5.41, 5.74) is 2.63. The number of benzene rings is 3. The molecule has 0 saturated heterocycles. The maximum atomic E-state index is 13.9. The topological polar surface area (TPSA) is 106 Å². The molecule has 2 unspecified atom stereocenters. The minimum atomic E-state index is -0.562. The Balaban J connectivity index is 1.53. The normalized spacial score (nSPS) is 16.3. The second-order valence-electron chi connectivity index (χ2n) is 9.16. The van der Waals surface area contributed by atoms with Crippen LogP contribution in [0.25, 0.3) is 0 Å². The number of rotatable bonds is 9. The number of anilines is 2. The van der Waals surface area contributed by atoms with Crippen molar-refractivity contribution < 1.29 is 28.6 Å². The fourth-order valence-electron chi connectivity index (χ4n) is 4.59. The largest absolute Gasteiger partial charge is 0.450 e.